The third kappa shape index (κ3) is 3.13. The van der Waals surface area contributed by atoms with Gasteiger partial charge in [-0.05, 0) is 31.7 Å². The lowest BCUT2D eigenvalue weighted by atomic mass is 9.85. The lowest BCUT2D eigenvalue weighted by Crippen LogP contribution is -2.21. The third-order valence-electron chi connectivity index (χ3n) is 4.61. The molecule has 1 unspecified atom stereocenters. The summed E-state index contributed by atoms with van der Waals surface area (Å²) in [6.07, 6.45) is 3.49. The van der Waals surface area contributed by atoms with Gasteiger partial charge in [0.05, 0.1) is 34.1 Å². The molecule has 24 heavy (non-hydrogen) atoms. The highest BCUT2D eigenvalue weighted by Crippen LogP contribution is 2.39. The molecular weight excluding hydrogens is 351 g/mol. The van der Waals surface area contributed by atoms with Crippen LogP contribution in [0.25, 0.3) is 5.52 Å². The summed E-state index contributed by atoms with van der Waals surface area (Å²) in [5.74, 6) is 0.127. The van der Waals surface area contributed by atoms with Crippen molar-refractivity contribution in [3.8, 4) is 0 Å². The number of fused-ring (bicyclic) bond motifs is 1. The fourth-order valence-corrected chi connectivity index (χ4v) is 3.91. The van der Waals surface area contributed by atoms with Gasteiger partial charge in [0.25, 0.3) is 0 Å². The van der Waals surface area contributed by atoms with Gasteiger partial charge < -0.3 is 9.47 Å². The summed E-state index contributed by atoms with van der Waals surface area (Å²) in [6.45, 7) is 5.67. The zero-order valence-electron chi connectivity index (χ0n) is 13.7. The van der Waals surface area contributed by atoms with Crippen molar-refractivity contribution in [2.24, 2.45) is 5.92 Å². The summed E-state index contributed by atoms with van der Waals surface area (Å²) in [5.41, 5.74) is 1.75. The highest BCUT2D eigenvalue weighted by atomic mass is 35.5. The van der Waals surface area contributed by atoms with Crippen molar-refractivity contribution >= 4 is 34.7 Å². The molecule has 0 spiro atoms. The number of carbonyl (C=O) groups excluding carboxylic acids is 1. The van der Waals surface area contributed by atoms with Crippen molar-refractivity contribution in [1.82, 2.24) is 9.61 Å². The van der Waals surface area contributed by atoms with Crippen LogP contribution >= 0.6 is 23.2 Å². The molecule has 0 N–H and O–H groups in total. The Bertz CT molecular complexity index is 754. The minimum atomic E-state index is -0.450. The molecule has 0 bridgehead atoms. The summed E-state index contributed by atoms with van der Waals surface area (Å²) >= 11 is 12.7. The van der Waals surface area contributed by atoms with Crippen LogP contribution in [0.3, 0.4) is 0 Å². The minimum Gasteiger partial charge on any atom is -0.462 e. The van der Waals surface area contributed by atoms with Crippen LogP contribution in [0, 0.1) is 5.92 Å². The SMILES string of the molecule is CCOC(=O)c1c(Cl)c(C(C)C2CCOCC2)n2ncc(Cl)cc12. The molecule has 0 aliphatic carbocycles. The number of ether oxygens (including phenoxy) is 2. The second-order valence-corrected chi connectivity index (χ2v) is 6.82. The van der Waals surface area contributed by atoms with Crippen molar-refractivity contribution in [1.29, 1.82) is 0 Å². The number of aromatic nitrogens is 2. The number of carbonyl (C=O) groups is 1. The van der Waals surface area contributed by atoms with Crippen LogP contribution < -0.4 is 0 Å². The van der Waals surface area contributed by atoms with E-state index in [1.54, 1.807) is 23.7 Å². The molecule has 0 amide bonds. The maximum atomic E-state index is 12.4. The van der Waals surface area contributed by atoms with Crippen molar-refractivity contribution in [2.75, 3.05) is 19.8 Å². The largest absolute Gasteiger partial charge is 0.462 e. The predicted octanol–water partition coefficient (Wildman–Crippen LogP) is 4.35. The quantitative estimate of drug-likeness (QED) is 0.750. The van der Waals surface area contributed by atoms with E-state index in [-0.39, 0.29) is 12.5 Å². The molecule has 1 atom stereocenters. The Labute approximate surface area is 150 Å². The summed E-state index contributed by atoms with van der Waals surface area (Å²) in [5, 5.41) is 5.24. The maximum Gasteiger partial charge on any atom is 0.341 e. The molecule has 2 aromatic heterocycles. The Morgan fingerprint density at radius 1 is 1.46 bits per heavy atom. The third-order valence-corrected chi connectivity index (χ3v) is 5.20. The first-order valence-electron chi connectivity index (χ1n) is 8.15. The fourth-order valence-electron chi connectivity index (χ4n) is 3.34. The maximum absolute atomic E-state index is 12.4. The standard InChI is InChI=1S/C17H20Cl2N2O3/c1-3-24-17(22)14-13-8-12(18)9-20-21(13)16(15(14)19)10(2)11-4-6-23-7-5-11/h8-11H,3-7H2,1-2H3. The molecule has 0 aromatic carbocycles. The van der Waals surface area contributed by atoms with E-state index < -0.39 is 5.97 Å². The van der Waals surface area contributed by atoms with Gasteiger partial charge in [-0.2, -0.15) is 5.10 Å². The Hall–Kier alpha value is -1.30. The number of halogens is 2. The highest BCUT2D eigenvalue weighted by molar-refractivity contribution is 6.36. The van der Waals surface area contributed by atoms with Gasteiger partial charge in [0, 0.05) is 19.1 Å². The molecule has 0 radical (unpaired) electrons. The molecule has 3 rings (SSSR count). The van der Waals surface area contributed by atoms with E-state index in [0.717, 1.165) is 31.7 Å². The molecule has 130 valence electrons. The van der Waals surface area contributed by atoms with Crippen LogP contribution in [0.5, 0.6) is 0 Å². The molecular formula is C17H20Cl2N2O3. The Kier molecular flexibility index (Phi) is 5.33. The van der Waals surface area contributed by atoms with Gasteiger partial charge in [-0.3, -0.25) is 0 Å². The van der Waals surface area contributed by atoms with Crippen LogP contribution in [0.1, 0.15) is 48.7 Å². The molecule has 5 nitrogen and oxygen atoms in total. The predicted molar refractivity (Wildman–Crippen MR) is 93.1 cm³/mol. The summed E-state index contributed by atoms with van der Waals surface area (Å²) in [4.78, 5) is 12.4. The van der Waals surface area contributed by atoms with Crippen molar-refractivity contribution in [3.63, 3.8) is 0 Å². The van der Waals surface area contributed by atoms with Gasteiger partial charge in [0.1, 0.15) is 5.56 Å². The first-order valence-corrected chi connectivity index (χ1v) is 8.90. The summed E-state index contributed by atoms with van der Waals surface area (Å²) < 4.78 is 12.3. The van der Waals surface area contributed by atoms with Crippen molar-refractivity contribution < 1.29 is 14.3 Å². The zero-order valence-corrected chi connectivity index (χ0v) is 15.2. The number of hydrogen-bond donors (Lipinski definition) is 0. The second-order valence-electron chi connectivity index (χ2n) is 6.00. The van der Waals surface area contributed by atoms with Gasteiger partial charge in [0.2, 0.25) is 0 Å². The van der Waals surface area contributed by atoms with Crippen LogP contribution in [-0.4, -0.2) is 35.4 Å². The van der Waals surface area contributed by atoms with Crippen molar-refractivity contribution in [3.05, 3.63) is 33.6 Å². The van der Waals surface area contributed by atoms with E-state index in [1.165, 1.54) is 0 Å². The molecule has 1 aliphatic heterocycles. The van der Waals surface area contributed by atoms with Crippen LogP contribution in [0.2, 0.25) is 10.0 Å². The Balaban J connectivity index is 2.13. The number of rotatable bonds is 4. The highest BCUT2D eigenvalue weighted by Gasteiger charge is 2.31. The number of hydrogen-bond acceptors (Lipinski definition) is 4. The van der Waals surface area contributed by atoms with E-state index in [0.29, 0.717) is 27.0 Å². The average Bonchev–Trinajstić information content (AvgIpc) is 2.86. The van der Waals surface area contributed by atoms with Gasteiger partial charge in [0.15, 0.2) is 0 Å². The van der Waals surface area contributed by atoms with E-state index in [1.807, 2.05) is 0 Å². The summed E-state index contributed by atoms with van der Waals surface area (Å²) in [6, 6.07) is 1.70. The summed E-state index contributed by atoms with van der Waals surface area (Å²) in [7, 11) is 0. The smallest absolute Gasteiger partial charge is 0.341 e. The Morgan fingerprint density at radius 2 is 2.17 bits per heavy atom. The van der Waals surface area contributed by atoms with E-state index in [2.05, 4.69) is 12.0 Å². The van der Waals surface area contributed by atoms with Crippen molar-refractivity contribution in [2.45, 2.75) is 32.6 Å². The van der Waals surface area contributed by atoms with E-state index in [4.69, 9.17) is 32.7 Å². The normalized spacial score (nSPS) is 17.2. The van der Waals surface area contributed by atoms with Gasteiger partial charge in [-0.15, -0.1) is 0 Å². The number of esters is 1. The van der Waals surface area contributed by atoms with Gasteiger partial charge in [-0.1, -0.05) is 30.1 Å². The van der Waals surface area contributed by atoms with E-state index >= 15 is 0 Å². The monoisotopic (exact) mass is 370 g/mol. The first kappa shape index (κ1) is 17.5. The first-order chi connectivity index (χ1) is 11.5. The molecule has 0 saturated carbocycles. The number of nitrogens with zero attached hydrogens (tertiary/aromatic N) is 2. The zero-order chi connectivity index (χ0) is 17.3. The Morgan fingerprint density at radius 3 is 2.83 bits per heavy atom. The van der Waals surface area contributed by atoms with Gasteiger partial charge >= 0.3 is 5.97 Å². The van der Waals surface area contributed by atoms with Crippen LogP contribution in [0.15, 0.2) is 12.3 Å². The molecule has 7 heteroatoms. The lowest BCUT2D eigenvalue weighted by Gasteiger charge is -2.27. The second kappa shape index (κ2) is 7.30. The molecule has 1 aliphatic rings. The molecule has 3 heterocycles. The average molecular weight is 371 g/mol. The van der Waals surface area contributed by atoms with Crippen LogP contribution in [0.4, 0.5) is 0 Å². The molecule has 1 saturated heterocycles. The van der Waals surface area contributed by atoms with Crippen LogP contribution in [-0.2, 0) is 9.47 Å². The van der Waals surface area contributed by atoms with Gasteiger partial charge in [-0.25, -0.2) is 9.31 Å². The van der Waals surface area contributed by atoms with E-state index in [9.17, 15) is 4.79 Å². The topological polar surface area (TPSA) is 52.8 Å². The fraction of sp³-hybridized carbons (Fsp3) is 0.529. The molecule has 2 aromatic rings. The minimum absolute atomic E-state index is 0.144. The lowest BCUT2D eigenvalue weighted by molar-refractivity contribution is 0.0528. The molecule has 1 fully saturated rings.